The highest BCUT2D eigenvalue weighted by Gasteiger charge is 2.26. The van der Waals surface area contributed by atoms with Gasteiger partial charge in [-0.3, -0.25) is 4.79 Å². The van der Waals surface area contributed by atoms with Crippen LogP contribution in [-0.2, 0) is 12.8 Å². The lowest BCUT2D eigenvalue weighted by Gasteiger charge is -2.30. The third-order valence-corrected chi connectivity index (χ3v) is 5.89. The second kappa shape index (κ2) is 8.43. The Morgan fingerprint density at radius 3 is 2.86 bits per heavy atom. The van der Waals surface area contributed by atoms with Gasteiger partial charge in [-0.15, -0.1) is 0 Å². The van der Waals surface area contributed by atoms with Crippen LogP contribution in [0.5, 0.6) is 0 Å². The van der Waals surface area contributed by atoms with Gasteiger partial charge in [-0.25, -0.2) is 9.07 Å². The first-order valence-electron chi connectivity index (χ1n) is 10.5. The fraction of sp³-hybridized carbons (Fsp3) is 0.545. The van der Waals surface area contributed by atoms with Gasteiger partial charge in [0.15, 0.2) is 5.69 Å². The molecule has 1 atom stereocenters. The number of halogens is 1. The van der Waals surface area contributed by atoms with Gasteiger partial charge in [0.2, 0.25) is 0 Å². The van der Waals surface area contributed by atoms with Crippen molar-refractivity contribution >= 4 is 5.91 Å². The first kappa shape index (κ1) is 19.1. The van der Waals surface area contributed by atoms with Crippen LogP contribution in [0.25, 0.3) is 5.69 Å². The highest BCUT2D eigenvalue weighted by Crippen LogP contribution is 2.28. The second-order valence-electron chi connectivity index (χ2n) is 8.17. The number of rotatable bonds is 6. The average Bonchev–Trinajstić information content (AvgIpc) is 3.29. The van der Waals surface area contributed by atoms with Crippen LogP contribution in [0.15, 0.2) is 24.3 Å². The molecule has 4 rings (SSSR count). The van der Waals surface area contributed by atoms with Gasteiger partial charge in [-0.1, -0.05) is 6.92 Å². The number of fused-ring (bicyclic) bond motifs is 1. The molecule has 1 aromatic carbocycles. The Hall–Kier alpha value is -2.21. The van der Waals surface area contributed by atoms with Crippen LogP contribution in [0, 0.1) is 11.7 Å². The molecule has 1 aliphatic carbocycles. The van der Waals surface area contributed by atoms with Gasteiger partial charge in [-0.2, -0.15) is 5.10 Å². The molecule has 1 amide bonds. The van der Waals surface area contributed by atoms with E-state index in [4.69, 9.17) is 0 Å². The lowest BCUT2D eigenvalue weighted by Crippen LogP contribution is -2.36. The number of benzene rings is 1. The molecule has 0 bridgehead atoms. The lowest BCUT2D eigenvalue weighted by molar-refractivity contribution is 0.0943. The van der Waals surface area contributed by atoms with Crippen molar-refractivity contribution in [3.05, 3.63) is 47.0 Å². The first-order valence-corrected chi connectivity index (χ1v) is 10.5. The highest BCUT2D eigenvalue weighted by atomic mass is 19.1. The summed E-state index contributed by atoms with van der Waals surface area (Å²) in [5.74, 6) is 0.418. The Bertz CT molecular complexity index is 830. The quantitative estimate of drug-likeness (QED) is 0.777. The molecule has 150 valence electrons. The van der Waals surface area contributed by atoms with E-state index in [2.05, 4.69) is 22.2 Å². The number of carbonyl (C=O) groups is 1. The number of hydrogen-bond acceptors (Lipinski definition) is 3. The Balaban J connectivity index is 1.38. The molecule has 1 aromatic heterocycles. The molecular weight excluding hydrogens is 355 g/mol. The van der Waals surface area contributed by atoms with Gasteiger partial charge in [0.1, 0.15) is 5.82 Å². The topological polar surface area (TPSA) is 50.2 Å². The molecule has 28 heavy (non-hydrogen) atoms. The zero-order chi connectivity index (χ0) is 19.5. The van der Waals surface area contributed by atoms with E-state index in [1.54, 1.807) is 12.1 Å². The molecule has 2 aromatic rings. The monoisotopic (exact) mass is 384 g/mol. The number of nitrogens with one attached hydrogen (secondary N) is 1. The number of piperidine rings is 1. The molecule has 2 aliphatic rings. The summed E-state index contributed by atoms with van der Waals surface area (Å²) in [4.78, 5) is 15.2. The van der Waals surface area contributed by atoms with E-state index in [9.17, 15) is 9.18 Å². The van der Waals surface area contributed by atoms with Gasteiger partial charge in [0.05, 0.1) is 5.69 Å². The number of aromatic nitrogens is 2. The van der Waals surface area contributed by atoms with Gasteiger partial charge >= 0.3 is 0 Å². The molecule has 0 spiro atoms. The van der Waals surface area contributed by atoms with Gasteiger partial charge < -0.3 is 10.2 Å². The lowest BCUT2D eigenvalue weighted by atomic mass is 10.0. The van der Waals surface area contributed by atoms with Gasteiger partial charge in [0.25, 0.3) is 5.91 Å². The number of carbonyl (C=O) groups excluding carboxylic acids is 1. The fourth-order valence-corrected chi connectivity index (χ4v) is 4.49. The van der Waals surface area contributed by atoms with Crippen LogP contribution in [0.3, 0.4) is 0 Å². The molecule has 1 unspecified atom stereocenters. The zero-order valence-corrected chi connectivity index (χ0v) is 16.6. The van der Waals surface area contributed by atoms with Crippen molar-refractivity contribution in [2.24, 2.45) is 5.92 Å². The van der Waals surface area contributed by atoms with E-state index in [1.165, 1.54) is 38.1 Å². The summed E-state index contributed by atoms with van der Waals surface area (Å²) < 4.78 is 15.1. The van der Waals surface area contributed by atoms with Crippen LogP contribution in [-0.4, -0.2) is 46.8 Å². The molecule has 2 heterocycles. The smallest absolute Gasteiger partial charge is 0.272 e. The Morgan fingerprint density at radius 2 is 2.07 bits per heavy atom. The van der Waals surface area contributed by atoms with Crippen molar-refractivity contribution in [2.45, 2.75) is 45.4 Å². The van der Waals surface area contributed by atoms with Crippen molar-refractivity contribution in [3.8, 4) is 5.69 Å². The van der Waals surface area contributed by atoms with Crippen molar-refractivity contribution in [3.63, 3.8) is 0 Å². The standard InChI is InChI=1S/C22H29FN4O/c1-16-5-3-13-26(15-16)14-4-12-24-22(28)21-19-6-2-7-20(19)27(25-21)18-10-8-17(23)9-11-18/h8-11,16H,2-7,12-15H2,1H3,(H,24,28). The van der Waals surface area contributed by atoms with E-state index < -0.39 is 0 Å². The minimum atomic E-state index is -0.270. The molecule has 6 heteroatoms. The fourth-order valence-electron chi connectivity index (χ4n) is 4.49. The number of hydrogen-bond donors (Lipinski definition) is 1. The summed E-state index contributed by atoms with van der Waals surface area (Å²) >= 11 is 0. The summed E-state index contributed by atoms with van der Waals surface area (Å²) in [6, 6.07) is 6.28. The van der Waals surface area contributed by atoms with Crippen LogP contribution in [0.1, 0.15) is 54.4 Å². The van der Waals surface area contributed by atoms with Crippen molar-refractivity contribution < 1.29 is 9.18 Å². The van der Waals surface area contributed by atoms with Gasteiger partial charge in [0, 0.05) is 24.3 Å². The molecule has 1 fully saturated rings. The summed E-state index contributed by atoms with van der Waals surface area (Å²) in [5, 5.41) is 7.63. The maximum atomic E-state index is 13.2. The normalized spacial score (nSPS) is 19.6. The minimum absolute atomic E-state index is 0.0916. The predicted molar refractivity (Wildman–Crippen MR) is 107 cm³/mol. The molecule has 1 aliphatic heterocycles. The molecule has 0 radical (unpaired) electrons. The summed E-state index contributed by atoms with van der Waals surface area (Å²) in [7, 11) is 0. The number of likely N-dealkylation sites (tertiary alicyclic amines) is 1. The highest BCUT2D eigenvalue weighted by molar-refractivity contribution is 5.94. The van der Waals surface area contributed by atoms with Crippen LogP contribution in [0.4, 0.5) is 4.39 Å². The predicted octanol–water partition coefficient (Wildman–Crippen LogP) is 3.35. The van der Waals surface area contributed by atoms with Gasteiger partial charge in [-0.05, 0) is 81.8 Å². The molecule has 1 N–H and O–H groups in total. The van der Waals surface area contributed by atoms with E-state index in [0.717, 1.165) is 55.1 Å². The van der Waals surface area contributed by atoms with Crippen LogP contribution < -0.4 is 5.32 Å². The van der Waals surface area contributed by atoms with E-state index in [1.807, 2.05) is 4.68 Å². The number of amides is 1. The first-order chi connectivity index (χ1) is 13.6. The second-order valence-corrected chi connectivity index (χ2v) is 8.17. The Labute approximate surface area is 165 Å². The maximum Gasteiger partial charge on any atom is 0.272 e. The van der Waals surface area contributed by atoms with Crippen LogP contribution >= 0.6 is 0 Å². The zero-order valence-electron chi connectivity index (χ0n) is 16.6. The largest absolute Gasteiger partial charge is 0.351 e. The Kier molecular flexibility index (Phi) is 5.76. The molecule has 5 nitrogen and oxygen atoms in total. The van der Waals surface area contributed by atoms with Crippen molar-refractivity contribution in [1.82, 2.24) is 20.0 Å². The number of nitrogens with zero attached hydrogens (tertiary/aromatic N) is 3. The molecular formula is C22H29FN4O. The third-order valence-electron chi connectivity index (χ3n) is 5.89. The Morgan fingerprint density at radius 1 is 1.25 bits per heavy atom. The van der Waals surface area contributed by atoms with E-state index >= 15 is 0 Å². The maximum absolute atomic E-state index is 13.2. The van der Waals surface area contributed by atoms with Crippen molar-refractivity contribution in [1.29, 1.82) is 0 Å². The summed E-state index contributed by atoms with van der Waals surface area (Å²) in [6.07, 6.45) is 6.38. The van der Waals surface area contributed by atoms with Crippen molar-refractivity contribution in [2.75, 3.05) is 26.2 Å². The SMILES string of the molecule is CC1CCCN(CCCNC(=O)c2nn(-c3ccc(F)cc3)c3c2CCC3)C1. The molecule has 0 saturated carbocycles. The summed E-state index contributed by atoms with van der Waals surface area (Å²) in [5.41, 5.74) is 3.46. The average molecular weight is 384 g/mol. The van der Waals surface area contributed by atoms with Crippen LogP contribution in [0.2, 0.25) is 0 Å². The van der Waals surface area contributed by atoms with E-state index in [-0.39, 0.29) is 11.7 Å². The minimum Gasteiger partial charge on any atom is -0.351 e. The third kappa shape index (κ3) is 4.12. The van der Waals surface area contributed by atoms with E-state index in [0.29, 0.717) is 12.2 Å². The molecule has 1 saturated heterocycles. The summed E-state index contributed by atoms with van der Waals surface area (Å²) in [6.45, 7) is 6.36.